The van der Waals surface area contributed by atoms with Crippen molar-refractivity contribution in [3.63, 3.8) is 0 Å². The largest absolute Gasteiger partial charge is 0.395 e. The van der Waals surface area contributed by atoms with E-state index in [2.05, 4.69) is 30.1 Å². The Morgan fingerprint density at radius 3 is 2.82 bits per heavy atom. The normalized spacial score (nSPS) is 13.2. The van der Waals surface area contributed by atoms with Gasteiger partial charge in [0.2, 0.25) is 0 Å². The summed E-state index contributed by atoms with van der Waals surface area (Å²) in [6.45, 7) is 4.65. The highest BCUT2D eigenvalue weighted by molar-refractivity contribution is 6.20. The minimum atomic E-state index is -0.154. The summed E-state index contributed by atoms with van der Waals surface area (Å²) in [5, 5.41) is 8.96. The zero-order chi connectivity index (χ0) is 12.4. The Bertz CT molecular complexity index is 519. The highest BCUT2D eigenvalue weighted by Crippen LogP contribution is 2.25. The van der Waals surface area contributed by atoms with E-state index in [0.29, 0.717) is 6.54 Å². The molecule has 0 fully saturated rings. The summed E-state index contributed by atoms with van der Waals surface area (Å²) < 4.78 is 1.99. The van der Waals surface area contributed by atoms with Crippen LogP contribution in [-0.2, 0) is 13.0 Å². The molecule has 0 spiro atoms. The Kier molecular flexibility index (Phi) is 3.69. The third-order valence-corrected chi connectivity index (χ3v) is 3.12. The van der Waals surface area contributed by atoms with Gasteiger partial charge in [0.15, 0.2) is 0 Å². The Morgan fingerprint density at radius 1 is 1.47 bits per heavy atom. The van der Waals surface area contributed by atoms with Gasteiger partial charge in [-0.1, -0.05) is 13.0 Å². The van der Waals surface area contributed by atoms with E-state index in [1.54, 1.807) is 0 Å². The van der Waals surface area contributed by atoms with Crippen LogP contribution in [0.5, 0.6) is 0 Å². The molecule has 0 aliphatic carbocycles. The Labute approximate surface area is 106 Å². The molecule has 0 aliphatic rings. The number of hydrogen-bond donors (Lipinski definition) is 1. The quantitative estimate of drug-likeness (QED) is 0.850. The summed E-state index contributed by atoms with van der Waals surface area (Å²) >= 11 is 6.12. The monoisotopic (exact) mass is 252 g/mol. The van der Waals surface area contributed by atoms with E-state index in [9.17, 15) is 0 Å². The van der Waals surface area contributed by atoms with E-state index in [1.807, 2.05) is 11.5 Å². The lowest BCUT2D eigenvalue weighted by molar-refractivity contribution is 0.276. The van der Waals surface area contributed by atoms with Crippen molar-refractivity contribution in [2.24, 2.45) is 0 Å². The first-order valence-electron chi connectivity index (χ1n) is 5.91. The zero-order valence-corrected chi connectivity index (χ0v) is 10.9. The summed E-state index contributed by atoms with van der Waals surface area (Å²) in [6, 6.07) is 6.24. The smallest absolute Gasteiger partial charge is 0.127 e. The van der Waals surface area contributed by atoms with Crippen LogP contribution in [0.3, 0.4) is 0 Å². The van der Waals surface area contributed by atoms with E-state index >= 15 is 0 Å². The molecule has 92 valence electrons. The molecular formula is C13H17ClN2O. The third-order valence-electron chi connectivity index (χ3n) is 2.93. The number of aliphatic hydroxyl groups is 1. The third kappa shape index (κ3) is 2.31. The lowest BCUT2D eigenvalue weighted by Crippen LogP contribution is -2.07. The second-order valence-electron chi connectivity index (χ2n) is 4.14. The molecule has 0 saturated heterocycles. The van der Waals surface area contributed by atoms with Crippen LogP contribution >= 0.6 is 11.6 Å². The first kappa shape index (κ1) is 12.4. The Morgan fingerprint density at radius 2 is 2.24 bits per heavy atom. The maximum atomic E-state index is 9.11. The van der Waals surface area contributed by atoms with Crippen molar-refractivity contribution < 1.29 is 5.11 Å². The SMILES string of the molecule is CCc1ccc2c(c1)nc(C(C)Cl)n2CCO. The summed E-state index contributed by atoms with van der Waals surface area (Å²) in [6.07, 6.45) is 0.995. The maximum absolute atomic E-state index is 9.11. The van der Waals surface area contributed by atoms with Crippen molar-refractivity contribution in [3.8, 4) is 0 Å². The number of aryl methyl sites for hydroxylation is 1. The van der Waals surface area contributed by atoms with Crippen molar-refractivity contribution in [2.45, 2.75) is 32.2 Å². The van der Waals surface area contributed by atoms with Gasteiger partial charge in [-0.25, -0.2) is 4.98 Å². The van der Waals surface area contributed by atoms with E-state index < -0.39 is 0 Å². The minimum Gasteiger partial charge on any atom is -0.395 e. The Hall–Kier alpha value is -1.06. The van der Waals surface area contributed by atoms with Gasteiger partial charge in [-0.15, -0.1) is 11.6 Å². The summed E-state index contributed by atoms with van der Waals surface area (Å²) in [7, 11) is 0. The van der Waals surface area contributed by atoms with Gasteiger partial charge in [-0.3, -0.25) is 0 Å². The van der Waals surface area contributed by atoms with Crippen LogP contribution in [0.1, 0.15) is 30.6 Å². The fraction of sp³-hybridized carbons (Fsp3) is 0.462. The predicted molar refractivity (Wildman–Crippen MR) is 70.5 cm³/mol. The molecule has 0 aliphatic heterocycles. The number of benzene rings is 1. The van der Waals surface area contributed by atoms with Crippen molar-refractivity contribution in [1.82, 2.24) is 9.55 Å². The molecule has 0 radical (unpaired) electrons. The van der Waals surface area contributed by atoms with Crippen LogP contribution in [-0.4, -0.2) is 21.3 Å². The molecule has 1 N–H and O–H groups in total. The van der Waals surface area contributed by atoms with Crippen molar-refractivity contribution >= 4 is 22.6 Å². The van der Waals surface area contributed by atoms with Crippen LogP contribution in [0.15, 0.2) is 18.2 Å². The molecule has 1 aromatic heterocycles. The van der Waals surface area contributed by atoms with Gasteiger partial charge in [0.25, 0.3) is 0 Å². The zero-order valence-electron chi connectivity index (χ0n) is 10.2. The number of rotatable bonds is 4. The number of imidazole rings is 1. The van der Waals surface area contributed by atoms with Crippen molar-refractivity contribution in [3.05, 3.63) is 29.6 Å². The number of nitrogens with zero attached hydrogens (tertiary/aromatic N) is 2. The van der Waals surface area contributed by atoms with Crippen molar-refractivity contribution in [2.75, 3.05) is 6.61 Å². The van der Waals surface area contributed by atoms with Gasteiger partial charge in [0.1, 0.15) is 5.82 Å². The number of alkyl halides is 1. The molecule has 2 aromatic rings. The Balaban J connectivity index is 2.61. The predicted octanol–water partition coefficient (Wildman–Crippen LogP) is 2.89. The minimum absolute atomic E-state index is 0.0948. The lowest BCUT2D eigenvalue weighted by atomic mass is 10.1. The number of fused-ring (bicyclic) bond motifs is 1. The van der Waals surface area contributed by atoms with E-state index in [-0.39, 0.29) is 12.0 Å². The summed E-state index contributed by atoms with van der Waals surface area (Å²) in [4.78, 5) is 4.56. The topological polar surface area (TPSA) is 38.0 Å². The van der Waals surface area contributed by atoms with Crippen LogP contribution in [0.2, 0.25) is 0 Å². The highest BCUT2D eigenvalue weighted by Gasteiger charge is 2.14. The molecule has 17 heavy (non-hydrogen) atoms. The molecule has 2 rings (SSSR count). The molecule has 4 heteroatoms. The van der Waals surface area contributed by atoms with Gasteiger partial charge in [-0.05, 0) is 31.0 Å². The molecule has 1 atom stereocenters. The standard InChI is InChI=1S/C13H17ClN2O/c1-3-10-4-5-12-11(8-10)15-13(9(2)14)16(12)6-7-17/h4-5,8-9,17H,3,6-7H2,1-2H3. The van der Waals surface area contributed by atoms with E-state index in [4.69, 9.17) is 16.7 Å². The number of aromatic nitrogens is 2. The van der Waals surface area contributed by atoms with Crippen LogP contribution in [0.4, 0.5) is 0 Å². The van der Waals surface area contributed by atoms with Crippen LogP contribution in [0, 0.1) is 0 Å². The molecular weight excluding hydrogens is 236 g/mol. The first-order valence-corrected chi connectivity index (χ1v) is 6.35. The summed E-state index contributed by atoms with van der Waals surface area (Å²) in [5.74, 6) is 0.823. The fourth-order valence-electron chi connectivity index (χ4n) is 2.05. The number of aliphatic hydroxyl groups excluding tert-OH is 1. The lowest BCUT2D eigenvalue weighted by Gasteiger charge is -2.08. The van der Waals surface area contributed by atoms with Gasteiger partial charge >= 0.3 is 0 Å². The molecule has 0 amide bonds. The average molecular weight is 253 g/mol. The first-order chi connectivity index (χ1) is 8.17. The fourth-order valence-corrected chi connectivity index (χ4v) is 2.22. The second-order valence-corrected chi connectivity index (χ2v) is 4.79. The van der Waals surface area contributed by atoms with Crippen LogP contribution in [0.25, 0.3) is 11.0 Å². The van der Waals surface area contributed by atoms with Crippen LogP contribution < -0.4 is 0 Å². The second kappa shape index (κ2) is 5.07. The molecule has 1 heterocycles. The maximum Gasteiger partial charge on any atom is 0.127 e. The van der Waals surface area contributed by atoms with Gasteiger partial charge in [0, 0.05) is 6.54 Å². The van der Waals surface area contributed by atoms with E-state index in [1.165, 1.54) is 5.56 Å². The average Bonchev–Trinajstić information content (AvgIpc) is 2.68. The van der Waals surface area contributed by atoms with E-state index in [0.717, 1.165) is 23.3 Å². The van der Waals surface area contributed by atoms with Gasteiger partial charge in [-0.2, -0.15) is 0 Å². The summed E-state index contributed by atoms with van der Waals surface area (Å²) in [5.41, 5.74) is 3.26. The number of halogens is 1. The number of hydrogen-bond acceptors (Lipinski definition) is 2. The van der Waals surface area contributed by atoms with Gasteiger partial charge < -0.3 is 9.67 Å². The highest BCUT2D eigenvalue weighted by atomic mass is 35.5. The molecule has 0 bridgehead atoms. The molecule has 3 nitrogen and oxygen atoms in total. The van der Waals surface area contributed by atoms with Crippen molar-refractivity contribution in [1.29, 1.82) is 0 Å². The molecule has 0 saturated carbocycles. The molecule has 1 unspecified atom stereocenters. The molecule has 1 aromatic carbocycles. The van der Waals surface area contributed by atoms with Gasteiger partial charge in [0.05, 0.1) is 23.0 Å².